The van der Waals surface area contributed by atoms with E-state index in [4.69, 9.17) is 4.74 Å². The molecule has 0 radical (unpaired) electrons. The summed E-state index contributed by atoms with van der Waals surface area (Å²) >= 11 is 0. The van der Waals surface area contributed by atoms with E-state index in [1.54, 1.807) is 14.7 Å². The van der Waals surface area contributed by atoms with Gasteiger partial charge in [0.2, 0.25) is 17.7 Å². The lowest BCUT2D eigenvalue weighted by atomic mass is 9.74. The number of ether oxygens (including phenoxy) is 1. The molecule has 1 N–H and O–H groups in total. The second-order valence-electron chi connectivity index (χ2n) is 11.4. The van der Waals surface area contributed by atoms with E-state index in [2.05, 4.69) is 0 Å². The minimum atomic E-state index is -1.31. The van der Waals surface area contributed by atoms with Crippen molar-refractivity contribution >= 4 is 17.7 Å². The summed E-state index contributed by atoms with van der Waals surface area (Å²) in [5, 5.41) is 10.6. The van der Waals surface area contributed by atoms with Crippen LogP contribution in [-0.2, 0) is 25.5 Å². The molecule has 1 spiro atoms. The van der Waals surface area contributed by atoms with Gasteiger partial charge in [-0.3, -0.25) is 14.4 Å². The molecular formula is C30H39N3O5. The van der Waals surface area contributed by atoms with Gasteiger partial charge in [0.05, 0.1) is 30.1 Å². The van der Waals surface area contributed by atoms with Gasteiger partial charge >= 0.3 is 0 Å². The molecule has 3 amide bonds. The lowest BCUT2D eigenvalue weighted by Gasteiger charge is -2.40. The number of aliphatic hydroxyl groups is 1. The highest BCUT2D eigenvalue weighted by molar-refractivity contribution is 6.00. The van der Waals surface area contributed by atoms with Crippen LogP contribution in [0.3, 0.4) is 0 Å². The van der Waals surface area contributed by atoms with Crippen molar-refractivity contribution in [2.24, 2.45) is 11.8 Å². The van der Waals surface area contributed by atoms with Gasteiger partial charge < -0.3 is 24.5 Å². The second-order valence-corrected chi connectivity index (χ2v) is 11.4. The van der Waals surface area contributed by atoms with Gasteiger partial charge in [0.25, 0.3) is 0 Å². The number of fused-ring (bicyclic) bond motifs is 2. The Bertz CT molecular complexity index is 1150. The fraction of sp³-hybridized carbons (Fsp3) is 0.567. The number of carbonyl (C=O) groups excluding carboxylic acids is 3. The van der Waals surface area contributed by atoms with Gasteiger partial charge in [-0.15, -0.1) is 0 Å². The minimum Gasteiger partial charge on any atom is -0.394 e. The Morgan fingerprint density at radius 1 is 1.00 bits per heavy atom. The summed E-state index contributed by atoms with van der Waals surface area (Å²) in [6, 6.07) is 7.93. The Balaban J connectivity index is 1.65. The van der Waals surface area contributed by atoms with Crippen molar-refractivity contribution < 1.29 is 24.2 Å². The smallest absolute Gasteiger partial charge is 0.249 e. The number of hydrogen-bond donors (Lipinski definition) is 1. The molecule has 0 saturated carbocycles. The van der Waals surface area contributed by atoms with Crippen molar-refractivity contribution in [2.45, 2.75) is 69.9 Å². The fourth-order valence-corrected chi connectivity index (χ4v) is 6.99. The molecule has 2 fully saturated rings. The highest BCUT2D eigenvalue weighted by Gasteiger charge is 2.75. The van der Waals surface area contributed by atoms with Crippen LogP contribution in [-0.4, -0.2) is 93.1 Å². The summed E-state index contributed by atoms with van der Waals surface area (Å²) in [6.07, 6.45) is 8.80. The number of carbonyl (C=O) groups is 3. The Morgan fingerprint density at radius 3 is 2.37 bits per heavy atom. The maximum Gasteiger partial charge on any atom is 0.249 e. The number of rotatable bonds is 7. The lowest BCUT2D eigenvalue weighted by Crippen LogP contribution is -2.59. The van der Waals surface area contributed by atoms with E-state index in [-0.39, 0.29) is 30.4 Å². The Morgan fingerprint density at radius 2 is 1.71 bits per heavy atom. The molecule has 4 heterocycles. The van der Waals surface area contributed by atoms with Gasteiger partial charge in [-0.2, -0.15) is 0 Å². The topological polar surface area (TPSA) is 90.4 Å². The first-order valence-electron chi connectivity index (χ1n) is 13.8. The third kappa shape index (κ3) is 4.00. The van der Waals surface area contributed by atoms with Crippen molar-refractivity contribution in [2.75, 3.05) is 26.2 Å². The maximum atomic E-state index is 14.5. The first-order chi connectivity index (χ1) is 18.2. The van der Waals surface area contributed by atoms with Crippen molar-refractivity contribution in [1.82, 2.24) is 14.7 Å². The number of amides is 3. The van der Waals surface area contributed by atoms with E-state index in [9.17, 15) is 19.5 Å². The molecule has 38 heavy (non-hydrogen) atoms. The molecule has 1 unspecified atom stereocenters. The van der Waals surface area contributed by atoms with Gasteiger partial charge in [-0.25, -0.2) is 0 Å². The molecule has 0 bridgehead atoms. The van der Waals surface area contributed by atoms with Crippen LogP contribution in [0.25, 0.3) is 0 Å². The highest BCUT2D eigenvalue weighted by atomic mass is 16.5. The first-order valence-corrected chi connectivity index (χ1v) is 13.8. The third-order valence-corrected chi connectivity index (χ3v) is 8.64. The van der Waals surface area contributed by atoms with Crippen LogP contribution < -0.4 is 0 Å². The van der Waals surface area contributed by atoms with Gasteiger partial charge in [0.1, 0.15) is 11.6 Å². The Kier molecular flexibility index (Phi) is 6.99. The molecule has 4 aliphatic rings. The average molecular weight is 522 g/mol. The van der Waals surface area contributed by atoms with Crippen LogP contribution in [0.4, 0.5) is 0 Å². The van der Waals surface area contributed by atoms with E-state index in [0.717, 1.165) is 12.0 Å². The fourth-order valence-electron chi connectivity index (χ4n) is 6.99. The van der Waals surface area contributed by atoms with Crippen molar-refractivity contribution in [3.63, 3.8) is 0 Å². The zero-order chi connectivity index (χ0) is 27.2. The summed E-state index contributed by atoms with van der Waals surface area (Å²) in [6.45, 7) is 8.91. The zero-order valence-electron chi connectivity index (χ0n) is 22.7. The van der Waals surface area contributed by atoms with E-state index < -0.39 is 35.1 Å². The number of benzene rings is 1. The summed E-state index contributed by atoms with van der Waals surface area (Å²) < 4.78 is 6.86. The highest BCUT2D eigenvalue weighted by Crippen LogP contribution is 2.58. The molecule has 1 aromatic rings. The van der Waals surface area contributed by atoms with Gasteiger partial charge in [0, 0.05) is 25.7 Å². The number of nitrogens with zero attached hydrogens (tertiary/aromatic N) is 3. The minimum absolute atomic E-state index is 0.0935. The largest absolute Gasteiger partial charge is 0.394 e. The van der Waals surface area contributed by atoms with Crippen molar-refractivity contribution in [1.29, 1.82) is 0 Å². The van der Waals surface area contributed by atoms with E-state index in [1.807, 2.05) is 82.3 Å². The molecule has 204 valence electrons. The molecule has 5 rings (SSSR count). The first kappa shape index (κ1) is 26.6. The quantitative estimate of drug-likeness (QED) is 0.556. The predicted molar refractivity (Wildman–Crippen MR) is 143 cm³/mol. The van der Waals surface area contributed by atoms with Gasteiger partial charge in [-0.05, 0) is 39.2 Å². The van der Waals surface area contributed by atoms with Crippen LogP contribution in [0.15, 0.2) is 54.6 Å². The molecule has 8 nitrogen and oxygen atoms in total. The van der Waals surface area contributed by atoms with Crippen molar-refractivity contribution in [3.05, 3.63) is 60.2 Å². The lowest BCUT2D eigenvalue weighted by molar-refractivity contribution is -0.156. The molecule has 4 aliphatic heterocycles. The molecule has 0 aromatic heterocycles. The van der Waals surface area contributed by atoms with Crippen LogP contribution in [0.1, 0.15) is 39.7 Å². The molecule has 6 atom stereocenters. The summed E-state index contributed by atoms with van der Waals surface area (Å²) in [5.74, 6) is -2.28. The second kappa shape index (κ2) is 9.97. The Labute approximate surface area is 224 Å². The van der Waals surface area contributed by atoms with E-state index in [1.165, 1.54) is 0 Å². The normalized spacial score (nSPS) is 33.4. The maximum absolute atomic E-state index is 14.5. The molecule has 1 aromatic carbocycles. The standard InChI is InChI=1S/C30H39N3O5/c1-5-15-31-16-9-13-29(4)23(26(31)35)24-27(36)33(22(19-34)18-21-11-7-6-8-12-21)25-28(37)32(20(2)3)17-10-14-30(24,25)38-29/h6-14,20,22-25,34H,5,15-19H2,1-4H3/t22-,23+,24+,25?,29-,30+/m1/s1. The number of hydrogen-bond acceptors (Lipinski definition) is 5. The van der Waals surface area contributed by atoms with Crippen LogP contribution in [0, 0.1) is 11.8 Å². The van der Waals surface area contributed by atoms with Crippen LogP contribution in [0.2, 0.25) is 0 Å². The zero-order valence-corrected chi connectivity index (χ0v) is 22.7. The summed E-state index contributed by atoms with van der Waals surface area (Å²) in [4.78, 5) is 47.9. The predicted octanol–water partition coefficient (Wildman–Crippen LogP) is 2.18. The summed E-state index contributed by atoms with van der Waals surface area (Å²) in [7, 11) is 0. The molecule has 2 saturated heterocycles. The number of likely N-dealkylation sites (tertiary alicyclic amines) is 1. The van der Waals surface area contributed by atoms with Crippen molar-refractivity contribution in [3.8, 4) is 0 Å². The van der Waals surface area contributed by atoms with E-state index in [0.29, 0.717) is 26.1 Å². The van der Waals surface area contributed by atoms with E-state index >= 15 is 0 Å². The molecular weight excluding hydrogens is 482 g/mol. The monoisotopic (exact) mass is 521 g/mol. The average Bonchev–Trinajstić information content (AvgIpc) is 3.16. The van der Waals surface area contributed by atoms with Crippen LogP contribution >= 0.6 is 0 Å². The third-order valence-electron chi connectivity index (χ3n) is 8.64. The SMILES string of the molecule is CCCN1CC=C[C@@]2(C)O[C@]34C=CCN(C(C)C)C(=O)C3N([C@@H](CO)Cc3ccccc3)C(=O)[C@@H]4[C@H]2C1=O. The van der Waals surface area contributed by atoms with Crippen LogP contribution in [0.5, 0.6) is 0 Å². The summed E-state index contributed by atoms with van der Waals surface area (Å²) in [5.41, 5.74) is -1.39. The molecule has 8 heteroatoms. The van der Waals surface area contributed by atoms with Gasteiger partial charge in [-0.1, -0.05) is 61.6 Å². The molecule has 0 aliphatic carbocycles. The number of aliphatic hydroxyl groups excluding tert-OH is 1. The van der Waals surface area contributed by atoms with Gasteiger partial charge in [0.15, 0.2) is 0 Å². The Hall–Kier alpha value is -2.97.